The van der Waals surface area contributed by atoms with Gasteiger partial charge in [-0.2, -0.15) is 0 Å². The molecule has 0 rings (SSSR count). The molecule has 0 saturated carbocycles. The van der Waals surface area contributed by atoms with Crippen LogP contribution in [0.1, 0.15) is 258 Å². The number of aliphatic hydroxyl groups excluding tert-OH is 1. The number of carbonyl (C=O) groups excluding carboxylic acids is 2. The Kier molecular flexibility index (Phi) is 42.9. The summed E-state index contributed by atoms with van der Waals surface area (Å²) in [6.45, 7) is 4.17. The lowest BCUT2D eigenvalue weighted by molar-refractivity contribution is -0.161. The zero-order chi connectivity index (χ0) is 37.8. The smallest absolute Gasteiger partial charge is 0.306 e. The molecule has 0 saturated heterocycles. The van der Waals surface area contributed by atoms with Gasteiger partial charge in [0.1, 0.15) is 6.61 Å². The summed E-state index contributed by atoms with van der Waals surface area (Å²) < 4.78 is 10.7. The van der Waals surface area contributed by atoms with E-state index in [-0.39, 0.29) is 25.2 Å². The minimum atomic E-state index is -0.768. The molecule has 0 radical (unpaired) electrons. The lowest BCUT2D eigenvalue weighted by atomic mass is 10.0. The van der Waals surface area contributed by atoms with Gasteiger partial charge in [0.05, 0.1) is 6.61 Å². The fourth-order valence-corrected chi connectivity index (χ4v) is 7.02. The molecule has 1 N–H and O–H groups in total. The molecule has 0 aliphatic carbocycles. The molecule has 0 aliphatic heterocycles. The Morgan fingerprint density at radius 1 is 0.423 bits per heavy atom. The lowest BCUT2D eigenvalue weighted by Crippen LogP contribution is -2.28. The van der Waals surface area contributed by atoms with Crippen LogP contribution in [0.5, 0.6) is 0 Å². The molecule has 0 unspecified atom stereocenters. The SMILES string of the molecule is CCCCCCCCC=CCCCCCCCCCC(=O)O[C@@H](CO)COC(=O)CCCCCCCCCCCCCCCCCCCCCCC. The fraction of sp³-hybridized carbons (Fsp3) is 0.915. The van der Waals surface area contributed by atoms with E-state index >= 15 is 0 Å². The van der Waals surface area contributed by atoms with E-state index in [1.807, 2.05) is 0 Å². The number of aliphatic hydroxyl groups is 1. The van der Waals surface area contributed by atoms with Crippen molar-refractivity contribution in [3.8, 4) is 0 Å². The first-order chi connectivity index (χ1) is 25.6. The number of allylic oxidation sites excluding steroid dienone is 2. The van der Waals surface area contributed by atoms with E-state index in [0.29, 0.717) is 12.8 Å². The maximum atomic E-state index is 12.2. The van der Waals surface area contributed by atoms with Crippen LogP contribution in [0.25, 0.3) is 0 Å². The van der Waals surface area contributed by atoms with Crippen LogP contribution in [-0.4, -0.2) is 36.4 Å². The van der Waals surface area contributed by atoms with Gasteiger partial charge in [-0.1, -0.05) is 219 Å². The van der Waals surface area contributed by atoms with Crippen molar-refractivity contribution in [2.75, 3.05) is 13.2 Å². The van der Waals surface area contributed by atoms with Crippen LogP contribution >= 0.6 is 0 Å². The molecular weight excluding hydrogens is 645 g/mol. The number of esters is 2. The molecule has 0 aromatic rings. The molecule has 0 amide bonds. The third kappa shape index (κ3) is 41.4. The Morgan fingerprint density at radius 2 is 0.712 bits per heavy atom. The third-order valence-corrected chi connectivity index (χ3v) is 10.6. The molecule has 308 valence electrons. The first-order valence-corrected chi connectivity index (χ1v) is 23.2. The van der Waals surface area contributed by atoms with Crippen LogP contribution in [0, 0.1) is 0 Å². The van der Waals surface area contributed by atoms with E-state index in [9.17, 15) is 14.7 Å². The Balaban J connectivity index is 3.46. The van der Waals surface area contributed by atoms with Crippen molar-refractivity contribution in [3.05, 3.63) is 12.2 Å². The first kappa shape index (κ1) is 50.6. The molecule has 52 heavy (non-hydrogen) atoms. The number of hydrogen-bond donors (Lipinski definition) is 1. The summed E-state index contributed by atoms with van der Waals surface area (Å²) in [4.78, 5) is 24.4. The van der Waals surface area contributed by atoms with Gasteiger partial charge in [-0.05, 0) is 38.5 Å². The maximum absolute atomic E-state index is 12.2. The average Bonchev–Trinajstić information content (AvgIpc) is 3.15. The van der Waals surface area contributed by atoms with Crippen molar-refractivity contribution in [1.29, 1.82) is 0 Å². The molecule has 0 heterocycles. The fourth-order valence-electron chi connectivity index (χ4n) is 7.02. The normalized spacial score (nSPS) is 12.1. The molecule has 0 bridgehead atoms. The molecule has 0 aromatic carbocycles. The quantitative estimate of drug-likeness (QED) is 0.0383. The van der Waals surface area contributed by atoms with Crippen molar-refractivity contribution < 1.29 is 24.2 Å². The molecule has 0 fully saturated rings. The molecule has 1 atom stereocenters. The number of rotatable bonds is 43. The molecule has 0 aliphatic rings. The summed E-state index contributed by atoms with van der Waals surface area (Å²) in [5, 5.41) is 9.59. The van der Waals surface area contributed by atoms with E-state index in [1.165, 1.54) is 199 Å². The maximum Gasteiger partial charge on any atom is 0.306 e. The largest absolute Gasteiger partial charge is 0.462 e. The van der Waals surface area contributed by atoms with Crippen LogP contribution in [0.15, 0.2) is 12.2 Å². The van der Waals surface area contributed by atoms with E-state index in [0.717, 1.165) is 32.1 Å². The van der Waals surface area contributed by atoms with E-state index in [4.69, 9.17) is 9.47 Å². The molecular formula is C47H90O5. The van der Waals surface area contributed by atoms with Crippen LogP contribution in [-0.2, 0) is 19.1 Å². The van der Waals surface area contributed by atoms with Gasteiger partial charge in [0.15, 0.2) is 6.10 Å². The Labute approximate surface area is 324 Å². The van der Waals surface area contributed by atoms with Gasteiger partial charge in [0.2, 0.25) is 0 Å². The zero-order valence-corrected chi connectivity index (χ0v) is 35.1. The van der Waals surface area contributed by atoms with Crippen molar-refractivity contribution in [3.63, 3.8) is 0 Å². The second kappa shape index (κ2) is 44.0. The predicted molar refractivity (Wildman–Crippen MR) is 224 cm³/mol. The first-order valence-electron chi connectivity index (χ1n) is 23.2. The monoisotopic (exact) mass is 735 g/mol. The van der Waals surface area contributed by atoms with Crippen LogP contribution in [0.2, 0.25) is 0 Å². The van der Waals surface area contributed by atoms with Gasteiger partial charge < -0.3 is 14.6 Å². The summed E-state index contributed by atoms with van der Waals surface area (Å²) in [7, 11) is 0. The van der Waals surface area contributed by atoms with Crippen molar-refractivity contribution >= 4 is 11.9 Å². The second-order valence-electron chi connectivity index (χ2n) is 15.8. The second-order valence-corrected chi connectivity index (χ2v) is 15.8. The summed E-state index contributed by atoms with van der Waals surface area (Å²) in [5.41, 5.74) is 0. The summed E-state index contributed by atoms with van der Waals surface area (Å²) >= 11 is 0. The standard InChI is InChI=1S/C47H90O5/c1-3-5-7-9-11-13-15-17-19-21-22-23-24-26-27-29-31-33-35-37-39-41-46(49)51-44-45(43-48)52-47(50)42-40-38-36-34-32-30-28-25-20-18-16-14-12-10-8-6-4-2/h18,20,45,48H,3-17,19,21-44H2,1-2H3/t45-/m0/s1. The highest BCUT2D eigenvalue weighted by Crippen LogP contribution is 2.16. The number of hydrogen-bond acceptors (Lipinski definition) is 5. The molecule has 5 heteroatoms. The van der Waals surface area contributed by atoms with E-state index in [1.54, 1.807) is 0 Å². The molecule has 0 spiro atoms. The van der Waals surface area contributed by atoms with E-state index < -0.39 is 6.10 Å². The molecule has 0 aromatic heterocycles. The minimum Gasteiger partial charge on any atom is -0.462 e. The van der Waals surface area contributed by atoms with Gasteiger partial charge in [-0.15, -0.1) is 0 Å². The van der Waals surface area contributed by atoms with Gasteiger partial charge in [0, 0.05) is 12.8 Å². The Morgan fingerprint density at radius 3 is 1.04 bits per heavy atom. The van der Waals surface area contributed by atoms with Crippen LogP contribution < -0.4 is 0 Å². The Hall–Kier alpha value is -1.36. The lowest BCUT2D eigenvalue weighted by Gasteiger charge is -2.15. The molecule has 5 nitrogen and oxygen atoms in total. The van der Waals surface area contributed by atoms with Gasteiger partial charge in [-0.3, -0.25) is 9.59 Å². The highest BCUT2D eigenvalue weighted by molar-refractivity contribution is 5.70. The van der Waals surface area contributed by atoms with Gasteiger partial charge >= 0.3 is 11.9 Å². The van der Waals surface area contributed by atoms with Crippen LogP contribution in [0.4, 0.5) is 0 Å². The summed E-state index contributed by atoms with van der Waals surface area (Å²) in [5.74, 6) is -0.580. The van der Waals surface area contributed by atoms with E-state index in [2.05, 4.69) is 26.0 Å². The topological polar surface area (TPSA) is 72.8 Å². The summed E-state index contributed by atoms with van der Waals surface area (Å²) in [6.07, 6.45) is 51.5. The number of unbranched alkanes of at least 4 members (excludes halogenated alkanes) is 33. The van der Waals surface area contributed by atoms with Crippen molar-refractivity contribution in [1.82, 2.24) is 0 Å². The highest BCUT2D eigenvalue weighted by atomic mass is 16.6. The number of carbonyl (C=O) groups is 2. The predicted octanol–water partition coefficient (Wildman–Crippen LogP) is 14.9. The minimum absolute atomic E-state index is 0.0609. The van der Waals surface area contributed by atoms with Crippen molar-refractivity contribution in [2.45, 2.75) is 264 Å². The summed E-state index contributed by atoms with van der Waals surface area (Å²) in [6, 6.07) is 0. The van der Waals surface area contributed by atoms with Crippen molar-refractivity contribution in [2.24, 2.45) is 0 Å². The third-order valence-electron chi connectivity index (χ3n) is 10.6. The van der Waals surface area contributed by atoms with Gasteiger partial charge in [-0.25, -0.2) is 0 Å². The number of ether oxygens (including phenoxy) is 2. The average molecular weight is 735 g/mol. The highest BCUT2D eigenvalue weighted by Gasteiger charge is 2.16. The van der Waals surface area contributed by atoms with Crippen LogP contribution in [0.3, 0.4) is 0 Å². The van der Waals surface area contributed by atoms with Gasteiger partial charge in [0.25, 0.3) is 0 Å². The Bertz CT molecular complexity index is 750. The zero-order valence-electron chi connectivity index (χ0n) is 35.1.